The summed E-state index contributed by atoms with van der Waals surface area (Å²) in [6.45, 7) is 1.68. The van der Waals surface area contributed by atoms with Gasteiger partial charge < -0.3 is 5.32 Å². The Morgan fingerprint density at radius 2 is 1.80 bits per heavy atom. The topological polar surface area (TPSA) is 66.5 Å². The molecule has 2 rings (SSSR count). The molecule has 2 aromatic rings. The molecule has 134 valence electrons. The van der Waals surface area contributed by atoms with Crippen LogP contribution < -0.4 is 9.62 Å². The summed E-state index contributed by atoms with van der Waals surface area (Å²) in [7, 11) is -3.75. The molecule has 0 spiro atoms. The summed E-state index contributed by atoms with van der Waals surface area (Å²) in [6, 6.07) is 10.8. The molecule has 0 aromatic heterocycles. The minimum absolute atomic E-state index is 0.00416. The Balaban J connectivity index is 2.38. The molecule has 0 aliphatic carbocycles. The fourth-order valence-corrected chi connectivity index (χ4v) is 3.76. The van der Waals surface area contributed by atoms with Crippen molar-refractivity contribution in [3.8, 4) is 0 Å². The SMILES string of the molecule is CC[C@H](C(=O)Nc1ccccc1F)N(c1ccc(Cl)cc1)S(C)(=O)=O. The van der Waals surface area contributed by atoms with E-state index in [9.17, 15) is 17.6 Å². The van der Waals surface area contributed by atoms with Gasteiger partial charge in [0, 0.05) is 5.02 Å². The smallest absolute Gasteiger partial charge is 0.248 e. The van der Waals surface area contributed by atoms with Gasteiger partial charge in [-0.3, -0.25) is 9.10 Å². The molecule has 1 N–H and O–H groups in total. The number of carbonyl (C=O) groups is 1. The van der Waals surface area contributed by atoms with Gasteiger partial charge in [0.1, 0.15) is 11.9 Å². The maximum atomic E-state index is 13.8. The number of amides is 1. The average Bonchev–Trinajstić information content (AvgIpc) is 2.54. The van der Waals surface area contributed by atoms with Crippen LogP contribution >= 0.6 is 11.6 Å². The van der Waals surface area contributed by atoms with Gasteiger partial charge >= 0.3 is 0 Å². The van der Waals surface area contributed by atoms with Gasteiger partial charge in [-0.25, -0.2) is 12.8 Å². The molecular formula is C17H18ClFN2O3S. The van der Waals surface area contributed by atoms with Gasteiger partial charge in [0.25, 0.3) is 0 Å². The molecule has 2 aromatic carbocycles. The number of benzene rings is 2. The number of hydrogen-bond donors (Lipinski definition) is 1. The van der Waals surface area contributed by atoms with Crippen molar-refractivity contribution in [1.82, 2.24) is 0 Å². The molecule has 0 saturated heterocycles. The lowest BCUT2D eigenvalue weighted by atomic mass is 10.1. The summed E-state index contributed by atoms with van der Waals surface area (Å²) in [5.74, 6) is -1.21. The molecule has 8 heteroatoms. The van der Waals surface area contributed by atoms with Crippen molar-refractivity contribution < 1.29 is 17.6 Å². The summed E-state index contributed by atoms with van der Waals surface area (Å²) in [5.41, 5.74) is 0.304. The summed E-state index contributed by atoms with van der Waals surface area (Å²) in [6.07, 6.45) is 1.22. The Morgan fingerprint density at radius 1 is 1.20 bits per heavy atom. The predicted molar refractivity (Wildman–Crippen MR) is 97.9 cm³/mol. The van der Waals surface area contributed by atoms with Crippen LogP contribution in [0.25, 0.3) is 0 Å². The second-order valence-corrected chi connectivity index (χ2v) is 7.72. The van der Waals surface area contributed by atoms with Crippen molar-refractivity contribution in [1.29, 1.82) is 0 Å². The van der Waals surface area contributed by atoms with Crippen LogP contribution in [0.3, 0.4) is 0 Å². The normalized spacial score (nSPS) is 12.5. The van der Waals surface area contributed by atoms with E-state index in [2.05, 4.69) is 5.32 Å². The molecule has 5 nitrogen and oxygen atoms in total. The first-order valence-electron chi connectivity index (χ1n) is 7.54. The monoisotopic (exact) mass is 384 g/mol. The first-order valence-corrected chi connectivity index (χ1v) is 9.77. The number of nitrogens with zero attached hydrogens (tertiary/aromatic N) is 1. The van der Waals surface area contributed by atoms with Gasteiger partial charge in [-0.1, -0.05) is 30.7 Å². The molecule has 1 amide bonds. The van der Waals surface area contributed by atoms with Crippen molar-refractivity contribution in [2.75, 3.05) is 15.9 Å². The van der Waals surface area contributed by atoms with E-state index < -0.39 is 27.8 Å². The van der Waals surface area contributed by atoms with Crippen molar-refractivity contribution >= 4 is 38.9 Å². The van der Waals surface area contributed by atoms with Crippen LogP contribution in [0.4, 0.5) is 15.8 Å². The highest BCUT2D eigenvalue weighted by Crippen LogP contribution is 2.25. The number of rotatable bonds is 6. The van der Waals surface area contributed by atoms with Crippen LogP contribution in [0.1, 0.15) is 13.3 Å². The van der Waals surface area contributed by atoms with Crippen molar-refractivity contribution in [3.05, 3.63) is 59.4 Å². The van der Waals surface area contributed by atoms with Crippen LogP contribution in [0.2, 0.25) is 5.02 Å². The van der Waals surface area contributed by atoms with Crippen molar-refractivity contribution in [2.24, 2.45) is 0 Å². The lowest BCUT2D eigenvalue weighted by Gasteiger charge is -2.30. The quantitative estimate of drug-likeness (QED) is 0.826. The molecule has 0 unspecified atom stereocenters. The number of halogens is 2. The van der Waals surface area contributed by atoms with E-state index in [0.29, 0.717) is 10.7 Å². The van der Waals surface area contributed by atoms with Crippen LogP contribution in [-0.2, 0) is 14.8 Å². The summed E-state index contributed by atoms with van der Waals surface area (Å²) in [5, 5.41) is 2.89. The molecular weight excluding hydrogens is 367 g/mol. The third kappa shape index (κ3) is 4.70. The summed E-state index contributed by atoms with van der Waals surface area (Å²) >= 11 is 5.84. The molecule has 25 heavy (non-hydrogen) atoms. The third-order valence-corrected chi connectivity index (χ3v) is 4.97. The van der Waals surface area contributed by atoms with Crippen molar-refractivity contribution in [2.45, 2.75) is 19.4 Å². The number of anilines is 2. The van der Waals surface area contributed by atoms with Gasteiger partial charge in [0.15, 0.2) is 0 Å². The van der Waals surface area contributed by atoms with E-state index in [1.807, 2.05) is 0 Å². The van der Waals surface area contributed by atoms with E-state index in [0.717, 1.165) is 10.6 Å². The molecule has 1 atom stereocenters. The van der Waals surface area contributed by atoms with E-state index in [1.54, 1.807) is 13.0 Å². The molecule has 0 saturated carbocycles. The minimum atomic E-state index is -3.75. The van der Waals surface area contributed by atoms with Gasteiger partial charge in [0.2, 0.25) is 15.9 Å². The number of sulfonamides is 1. The van der Waals surface area contributed by atoms with E-state index >= 15 is 0 Å². The van der Waals surface area contributed by atoms with Gasteiger partial charge in [-0.15, -0.1) is 0 Å². The Morgan fingerprint density at radius 3 is 2.32 bits per heavy atom. The number of nitrogens with one attached hydrogen (secondary N) is 1. The highest BCUT2D eigenvalue weighted by Gasteiger charge is 2.31. The standard InChI is InChI=1S/C17H18ClFN2O3S/c1-3-16(17(22)20-15-7-5-4-6-14(15)19)21(25(2,23)24)13-10-8-12(18)9-11-13/h4-11,16H,3H2,1-2H3,(H,20,22)/t16-/m1/s1. The second-order valence-electron chi connectivity index (χ2n) is 5.43. The summed E-state index contributed by atoms with van der Waals surface area (Å²) < 4.78 is 39.3. The number of hydrogen-bond acceptors (Lipinski definition) is 3. The first-order chi connectivity index (χ1) is 11.7. The Labute approximate surface area is 151 Å². The highest BCUT2D eigenvalue weighted by atomic mass is 35.5. The third-order valence-electron chi connectivity index (χ3n) is 3.54. The zero-order valence-electron chi connectivity index (χ0n) is 13.7. The number of para-hydroxylation sites is 1. The Hall–Kier alpha value is -2.12. The maximum absolute atomic E-state index is 13.8. The lowest BCUT2D eigenvalue weighted by molar-refractivity contribution is -0.117. The largest absolute Gasteiger partial charge is 0.322 e. The minimum Gasteiger partial charge on any atom is -0.322 e. The fourth-order valence-electron chi connectivity index (χ4n) is 2.43. The van der Waals surface area contributed by atoms with Crippen LogP contribution in [0.5, 0.6) is 0 Å². The highest BCUT2D eigenvalue weighted by molar-refractivity contribution is 7.92. The zero-order chi connectivity index (χ0) is 18.6. The van der Waals surface area contributed by atoms with Gasteiger partial charge in [-0.05, 0) is 42.8 Å². The molecule has 0 fully saturated rings. The predicted octanol–water partition coefficient (Wildman–Crippen LogP) is 3.66. The molecule has 0 radical (unpaired) electrons. The molecule has 0 bridgehead atoms. The van der Waals surface area contributed by atoms with Crippen molar-refractivity contribution in [3.63, 3.8) is 0 Å². The van der Waals surface area contributed by atoms with Gasteiger partial charge in [0.05, 0.1) is 17.6 Å². The molecule has 0 heterocycles. The van der Waals surface area contributed by atoms with Crippen LogP contribution in [0, 0.1) is 5.82 Å². The summed E-state index contributed by atoms with van der Waals surface area (Å²) in [4.78, 5) is 12.6. The second kappa shape index (κ2) is 7.84. The lowest BCUT2D eigenvalue weighted by Crippen LogP contribution is -2.47. The molecule has 0 aliphatic heterocycles. The first kappa shape index (κ1) is 19.2. The molecule has 0 aliphatic rings. The maximum Gasteiger partial charge on any atom is 0.248 e. The Bertz CT molecular complexity index is 856. The Kier molecular flexibility index (Phi) is 6.02. The van der Waals surface area contributed by atoms with Gasteiger partial charge in [-0.2, -0.15) is 0 Å². The van der Waals surface area contributed by atoms with Crippen LogP contribution in [-0.4, -0.2) is 26.6 Å². The van der Waals surface area contributed by atoms with E-state index in [-0.39, 0.29) is 12.1 Å². The van der Waals surface area contributed by atoms with E-state index in [4.69, 9.17) is 11.6 Å². The van der Waals surface area contributed by atoms with E-state index in [1.165, 1.54) is 42.5 Å². The average molecular weight is 385 g/mol. The van der Waals surface area contributed by atoms with Crippen LogP contribution in [0.15, 0.2) is 48.5 Å². The number of carbonyl (C=O) groups excluding carboxylic acids is 1. The fraction of sp³-hybridized carbons (Fsp3) is 0.235. The zero-order valence-corrected chi connectivity index (χ0v) is 15.3.